The molecule has 2 N–H and O–H groups in total. The van der Waals surface area contributed by atoms with Gasteiger partial charge in [0.2, 0.25) is 10.0 Å². The third-order valence-electron chi connectivity index (χ3n) is 3.63. The minimum Gasteiger partial charge on any atom is -0.437 e. The fourth-order valence-electron chi connectivity index (χ4n) is 2.33. The maximum atomic E-state index is 12.1. The van der Waals surface area contributed by atoms with Crippen LogP contribution in [-0.4, -0.2) is 37.1 Å². The van der Waals surface area contributed by atoms with E-state index in [0.717, 1.165) is 29.0 Å². The fraction of sp³-hybridized carbons (Fsp3) is 0.471. The standard InChI is InChI=1S/C17H24N3O3S3.Y/c1-3-4-5-16(21)14-6-8-15(9-7-14)20(26(2,22)23)19-11-13-25-17-18-10-12-24-17;/h6-9,12,16,19,21H,3-5,11,13H2,1-2H3;/q-1;. The Hall–Kier alpha value is -0.0261. The first-order valence-corrected chi connectivity index (χ1v) is 12.1. The SMILES string of the molecule is CCCCC(O)c1ccc(N(NCCSc2n[c-]cs2)S(C)(=O)=O)cc1.[Y]. The van der Waals surface area contributed by atoms with Gasteiger partial charge in [0.25, 0.3) is 0 Å². The number of thiazole rings is 1. The van der Waals surface area contributed by atoms with Crippen molar-refractivity contribution < 1.29 is 46.2 Å². The largest absolute Gasteiger partial charge is 0.437 e. The van der Waals surface area contributed by atoms with E-state index in [-0.39, 0.29) is 32.7 Å². The molecular formula is C17H24N3O3S3Y-. The van der Waals surface area contributed by atoms with Crippen LogP contribution < -0.4 is 9.84 Å². The van der Waals surface area contributed by atoms with Gasteiger partial charge in [-0.2, -0.15) is 11.8 Å². The molecule has 0 saturated carbocycles. The van der Waals surface area contributed by atoms with Gasteiger partial charge in [0.15, 0.2) is 0 Å². The summed E-state index contributed by atoms with van der Waals surface area (Å²) in [6.45, 7) is 2.55. The Labute approximate surface area is 195 Å². The zero-order valence-corrected chi connectivity index (χ0v) is 20.7. The van der Waals surface area contributed by atoms with Crippen molar-refractivity contribution in [3.63, 3.8) is 0 Å². The molecule has 10 heteroatoms. The molecule has 2 rings (SSSR count). The van der Waals surface area contributed by atoms with E-state index in [9.17, 15) is 13.5 Å². The van der Waals surface area contributed by atoms with Crippen LogP contribution in [0.2, 0.25) is 0 Å². The number of benzene rings is 1. The Morgan fingerprint density at radius 3 is 2.63 bits per heavy atom. The number of nitrogens with one attached hydrogen (secondary N) is 1. The molecule has 1 aromatic carbocycles. The van der Waals surface area contributed by atoms with Crippen molar-refractivity contribution >= 4 is 38.8 Å². The summed E-state index contributed by atoms with van der Waals surface area (Å²) in [5, 5.41) is 11.9. The Bertz CT molecular complexity index is 755. The van der Waals surface area contributed by atoms with Crippen LogP contribution in [0.3, 0.4) is 0 Å². The van der Waals surface area contributed by atoms with Crippen molar-refractivity contribution in [2.24, 2.45) is 0 Å². The van der Waals surface area contributed by atoms with Gasteiger partial charge < -0.3 is 10.1 Å². The smallest absolute Gasteiger partial charge is 0.245 e. The Morgan fingerprint density at radius 1 is 1.37 bits per heavy atom. The summed E-state index contributed by atoms with van der Waals surface area (Å²) < 4.78 is 26.3. The van der Waals surface area contributed by atoms with E-state index in [2.05, 4.69) is 23.5 Å². The third kappa shape index (κ3) is 8.47. The second-order valence-electron chi connectivity index (χ2n) is 5.78. The van der Waals surface area contributed by atoms with Crippen LogP contribution in [0.15, 0.2) is 34.0 Å². The van der Waals surface area contributed by atoms with Gasteiger partial charge in [0, 0.05) is 39.3 Å². The molecule has 6 nitrogen and oxygen atoms in total. The number of aliphatic hydroxyl groups is 1. The van der Waals surface area contributed by atoms with Gasteiger partial charge in [-0.15, -0.1) is 6.20 Å². The van der Waals surface area contributed by atoms with E-state index < -0.39 is 16.1 Å². The van der Waals surface area contributed by atoms with Crippen molar-refractivity contribution in [3.8, 4) is 0 Å². The van der Waals surface area contributed by atoms with Crippen LogP contribution in [0.5, 0.6) is 0 Å². The second-order valence-corrected chi connectivity index (χ2v) is 9.81. The Morgan fingerprint density at radius 2 is 2.07 bits per heavy atom. The third-order valence-corrected chi connectivity index (χ3v) is 6.53. The van der Waals surface area contributed by atoms with Gasteiger partial charge in [-0.1, -0.05) is 37.3 Å². The summed E-state index contributed by atoms with van der Waals surface area (Å²) in [5.41, 5.74) is 4.27. The first kappa shape index (κ1) is 25.0. The zero-order chi connectivity index (χ0) is 19.0. The molecule has 27 heavy (non-hydrogen) atoms. The number of hydrazine groups is 1. The van der Waals surface area contributed by atoms with Gasteiger partial charge in [-0.25, -0.2) is 29.6 Å². The van der Waals surface area contributed by atoms with E-state index in [4.69, 9.17) is 0 Å². The first-order chi connectivity index (χ1) is 12.4. The number of unbranched alkanes of at least 4 members (excludes halogenated alkanes) is 1. The predicted molar refractivity (Wildman–Crippen MR) is 108 cm³/mol. The number of sulfonamides is 1. The summed E-state index contributed by atoms with van der Waals surface area (Å²) in [6.07, 6.45) is 6.08. The Balaban J connectivity index is 0.00000364. The van der Waals surface area contributed by atoms with Gasteiger partial charge in [-0.05, 0) is 34.2 Å². The van der Waals surface area contributed by atoms with Crippen molar-refractivity contribution in [2.45, 2.75) is 36.6 Å². The predicted octanol–water partition coefficient (Wildman–Crippen LogP) is 3.23. The molecule has 147 valence electrons. The van der Waals surface area contributed by atoms with Crippen molar-refractivity contribution in [2.75, 3.05) is 23.0 Å². The van der Waals surface area contributed by atoms with Crippen LogP contribution in [0, 0.1) is 6.20 Å². The number of hydrogen-bond acceptors (Lipinski definition) is 7. The summed E-state index contributed by atoms with van der Waals surface area (Å²) in [5.74, 6) is 0.682. The summed E-state index contributed by atoms with van der Waals surface area (Å²) in [4.78, 5) is 4.06. The molecule has 0 fully saturated rings. The second kappa shape index (κ2) is 12.5. The maximum absolute atomic E-state index is 12.1. The molecule has 0 spiro atoms. The van der Waals surface area contributed by atoms with Gasteiger partial charge in [0.1, 0.15) is 0 Å². The topological polar surface area (TPSA) is 82.5 Å². The van der Waals surface area contributed by atoms with Crippen LogP contribution in [-0.2, 0) is 42.7 Å². The van der Waals surface area contributed by atoms with Crippen LogP contribution in [0.1, 0.15) is 37.9 Å². The molecule has 1 unspecified atom stereocenters. The van der Waals surface area contributed by atoms with E-state index in [1.165, 1.54) is 15.8 Å². The molecule has 1 aromatic heterocycles. The first-order valence-electron chi connectivity index (χ1n) is 8.38. The molecule has 0 amide bonds. The summed E-state index contributed by atoms with van der Waals surface area (Å²) in [7, 11) is -3.47. The number of aliphatic hydroxyl groups excluding tert-OH is 1. The number of nitrogens with zero attached hydrogens (tertiary/aromatic N) is 2. The average Bonchev–Trinajstić information content (AvgIpc) is 3.12. The molecule has 1 heterocycles. The number of aromatic nitrogens is 1. The average molecular weight is 504 g/mol. The minimum atomic E-state index is -3.47. The van der Waals surface area contributed by atoms with Crippen LogP contribution in [0.4, 0.5) is 5.69 Å². The van der Waals surface area contributed by atoms with Crippen molar-refractivity contribution in [1.29, 1.82) is 0 Å². The molecule has 0 bridgehead atoms. The molecule has 1 radical (unpaired) electrons. The molecule has 1 atom stereocenters. The van der Waals surface area contributed by atoms with Gasteiger partial charge >= 0.3 is 0 Å². The number of anilines is 1. The monoisotopic (exact) mass is 503 g/mol. The van der Waals surface area contributed by atoms with Gasteiger partial charge in [0.05, 0.1) is 18.0 Å². The number of rotatable bonds is 11. The normalized spacial score (nSPS) is 12.4. The van der Waals surface area contributed by atoms with Crippen LogP contribution >= 0.6 is 23.1 Å². The van der Waals surface area contributed by atoms with Crippen molar-refractivity contribution in [3.05, 3.63) is 41.4 Å². The molecule has 0 aliphatic carbocycles. The Kier molecular flexibility index (Phi) is 11.6. The van der Waals surface area contributed by atoms with Gasteiger partial charge in [-0.3, -0.25) is 0 Å². The quantitative estimate of drug-likeness (QED) is 0.212. The molecule has 0 saturated heterocycles. The maximum Gasteiger partial charge on any atom is 0.245 e. The fourth-order valence-corrected chi connectivity index (χ4v) is 4.62. The molecule has 2 aromatic rings. The molecule has 0 aliphatic rings. The summed E-state index contributed by atoms with van der Waals surface area (Å²) in [6, 6.07) is 6.97. The van der Waals surface area contributed by atoms with Crippen molar-refractivity contribution in [1.82, 2.24) is 10.4 Å². The summed E-state index contributed by atoms with van der Waals surface area (Å²) >= 11 is 3.05. The minimum absolute atomic E-state index is 0. The van der Waals surface area contributed by atoms with E-state index in [1.807, 2.05) is 0 Å². The number of hydrogen-bond donors (Lipinski definition) is 2. The zero-order valence-electron chi connectivity index (χ0n) is 15.5. The molecular weight excluding hydrogens is 479 g/mol. The van der Waals surface area contributed by atoms with Crippen LogP contribution in [0.25, 0.3) is 0 Å². The van der Waals surface area contributed by atoms with E-state index >= 15 is 0 Å². The number of thioether (sulfide) groups is 1. The van der Waals surface area contributed by atoms with E-state index in [1.54, 1.807) is 41.4 Å². The molecule has 0 aliphatic heterocycles. The van der Waals surface area contributed by atoms with E-state index in [0.29, 0.717) is 24.4 Å².